The number of aryl methyl sites for hydroxylation is 1. The minimum Gasteiger partial charge on any atom is -0.321 e. The Bertz CT molecular complexity index is 1370. The summed E-state index contributed by atoms with van der Waals surface area (Å²) in [6, 6.07) is 17.0. The number of anilines is 1. The zero-order chi connectivity index (χ0) is 21.4. The van der Waals surface area contributed by atoms with Crippen molar-refractivity contribution in [3.8, 4) is 5.69 Å². The van der Waals surface area contributed by atoms with Gasteiger partial charge in [-0.05, 0) is 48.9 Å². The first kappa shape index (κ1) is 19.5. The van der Waals surface area contributed by atoms with Crippen LogP contribution in [0.1, 0.15) is 20.9 Å². The van der Waals surface area contributed by atoms with Crippen molar-refractivity contribution >= 4 is 44.7 Å². The molecule has 0 saturated carbocycles. The zero-order valence-electron chi connectivity index (χ0n) is 16.5. The maximum Gasteiger partial charge on any atom is 0.265 e. The number of hydrogen-bond donors (Lipinski definition) is 1. The summed E-state index contributed by atoms with van der Waals surface area (Å²) >= 11 is 7.73. The highest BCUT2D eigenvalue weighted by molar-refractivity contribution is 7.20. The minimum absolute atomic E-state index is 0.154. The molecule has 0 unspecified atom stereocenters. The summed E-state index contributed by atoms with van der Waals surface area (Å²) in [7, 11) is 0. The normalized spacial score (nSPS) is 11.2. The molecule has 0 bridgehead atoms. The first-order valence-electron chi connectivity index (χ1n) is 9.55. The molecule has 0 atom stereocenters. The molecule has 0 fully saturated rings. The van der Waals surface area contributed by atoms with Crippen LogP contribution in [0.4, 0.5) is 5.69 Å². The Morgan fingerprint density at radius 1 is 1.16 bits per heavy atom. The highest BCUT2D eigenvalue weighted by atomic mass is 35.5. The van der Waals surface area contributed by atoms with Crippen LogP contribution in [-0.2, 0) is 6.54 Å². The van der Waals surface area contributed by atoms with Crippen LogP contribution in [0.2, 0.25) is 5.02 Å². The highest BCUT2D eigenvalue weighted by Crippen LogP contribution is 2.30. The number of thiophene rings is 1. The van der Waals surface area contributed by atoms with E-state index in [2.05, 4.69) is 20.5 Å². The fourth-order valence-corrected chi connectivity index (χ4v) is 4.60. The monoisotopic (exact) mass is 448 g/mol. The molecule has 5 aromatic rings. The van der Waals surface area contributed by atoms with E-state index < -0.39 is 0 Å². The molecule has 9 heteroatoms. The van der Waals surface area contributed by atoms with E-state index in [1.165, 1.54) is 17.7 Å². The summed E-state index contributed by atoms with van der Waals surface area (Å²) in [6.07, 6.45) is 3.10. The molecule has 3 heterocycles. The van der Waals surface area contributed by atoms with Crippen LogP contribution < -0.4 is 5.32 Å². The van der Waals surface area contributed by atoms with E-state index in [1.54, 1.807) is 11.0 Å². The van der Waals surface area contributed by atoms with E-state index >= 15 is 0 Å². The molecule has 1 N–H and O–H groups in total. The standard InChI is InChI=1S/C22H17ClN6OS/c1-14-18-10-20(31-22(18)28(27-14)11-15-4-2-3-5-19(15)23)21(30)26-16-6-8-17(9-7-16)29-13-24-12-25-29/h2-10,12-13H,11H2,1H3,(H,26,30). The average Bonchev–Trinajstić information content (AvgIpc) is 3.50. The number of hydrogen-bond acceptors (Lipinski definition) is 5. The fraction of sp³-hybridized carbons (Fsp3) is 0.0909. The van der Waals surface area contributed by atoms with Gasteiger partial charge in [-0.1, -0.05) is 29.8 Å². The fourth-order valence-electron chi connectivity index (χ4n) is 3.35. The lowest BCUT2D eigenvalue weighted by Crippen LogP contribution is -2.10. The van der Waals surface area contributed by atoms with Crippen LogP contribution >= 0.6 is 22.9 Å². The van der Waals surface area contributed by atoms with Crippen molar-refractivity contribution < 1.29 is 4.79 Å². The van der Waals surface area contributed by atoms with Crippen LogP contribution in [0.15, 0.2) is 67.3 Å². The molecule has 0 aliphatic carbocycles. The zero-order valence-corrected chi connectivity index (χ0v) is 18.1. The number of nitrogens with zero attached hydrogens (tertiary/aromatic N) is 5. The second-order valence-corrected chi connectivity index (χ2v) is 8.44. The quantitative estimate of drug-likeness (QED) is 0.413. The lowest BCUT2D eigenvalue weighted by atomic mass is 10.2. The van der Waals surface area contributed by atoms with Gasteiger partial charge in [0, 0.05) is 16.1 Å². The van der Waals surface area contributed by atoms with E-state index in [-0.39, 0.29) is 5.91 Å². The third-order valence-electron chi connectivity index (χ3n) is 4.92. The van der Waals surface area contributed by atoms with Crippen molar-refractivity contribution in [3.63, 3.8) is 0 Å². The molecule has 0 spiro atoms. The number of carbonyl (C=O) groups excluding carboxylic acids is 1. The maximum atomic E-state index is 12.9. The Morgan fingerprint density at radius 2 is 1.97 bits per heavy atom. The molecule has 7 nitrogen and oxygen atoms in total. The third kappa shape index (κ3) is 3.83. The molecule has 2 aromatic carbocycles. The van der Waals surface area contributed by atoms with E-state index in [1.807, 2.05) is 66.2 Å². The molecular weight excluding hydrogens is 432 g/mol. The Hall–Kier alpha value is -3.49. The maximum absolute atomic E-state index is 12.9. The summed E-state index contributed by atoms with van der Waals surface area (Å²) < 4.78 is 3.56. The van der Waals surface area contributed by atoms with Crippen molar-refractivity contribution in [1.82, 2.24) is 24.5 Å². The summed E-state index contributed by atoms with van der Waals surface area (Å²) in [4.78, 5) is 18.4. The summed E-state index contributed by atoms with van der Waals surface area (Å²) in [5.74, 6) is -0.154. The molecule has 3 aromatic heterocycles. The van der Waals surface area contributed by atoms with Crippen molar-refractivity contribution in [2.24, 2.45) is 0 Å². The summed E-state index contributed by atoms with van der Waals surface area (Å²) in [5.41, 5.74) is 3.45. The lowest BCUT2D eigenvalue weighted by Gasteiger charge is -2.06. The summed E-state index contributed by atoms with van der Waals surface area (Å²) in [5, 5.41) is 13.4. The SMILES string of the molecule is Cc1nn(Cc2ccccc2Cl)c2sc(C(=O)Nc3ccc(-n4cncn4)cc3)cc12. The second-order valence-electron chi connectivity index (χ2n) is 7.00. The first-order valence-corrected chi connectivity index (χ1v) is 10.7. The van der Waals surface area contributed by atoms with Gasteiger partial charge in [-0.15, -0.1) is 11.3 Å². The van der Waals surface area contributed by atoms with E-state index in [0.29, 0.717) is 22.1 Å². The molecule has 0 aliphatic rings. The second kappa shape index (κ2) is 7.98. The Kier molecular flexibility index (Phi) is 5.01. The van der Waals surface area contributed by atoms with Crippen LogP contribution in [0.5, 0.6) is 0 Å². The molecule has 5 rings (SSSR count). The molecular formula is C22H17ClN6OS. The number of fused-ring (bicyclic) bond motifs is 1. The molecule has 0 saturated heterocycles. The third-order valence-corrected chi connectivity index (χ3v) is 6.43. The summed E-state index contributed by atoms with van der Waals surface area (Å²) in [6.45, 7) is 2.50. The van der Waals surface area contributed by atoms with Crippen molar-refractivity contribution in [1.29, 1.82) is 0 Å². The molecule has 154 valence electrons. The lowest BCUT2D eigenvalue weighted by molar-refractivity contribution is 0.103. The Balaban J connectivity index is 1.38. The van der Waals surface area contributed by atoms with Crippen molar-refractivity contribution in [3.05, 3.63) is 88.4 Å². The number of rotatable bonds is 5. The average molecular weight is 449 g/mol. The molecule has 0 aliphatic heterocycles. The van der Waals surface area contributed by atoms with Gasteiger partial charge in [-0.25, -0.2) is 9.67 Å². The number of amides is 1. The van der Waals surface area contributed by atoms with Crippen LogP contribution in [-0.4, -0.2) is 30.5 Å². The first-order chi connectivity index (χ1) is 15.1. The Labute approximate surface area is 186 Å². The van der Waals surface area contributed by atoms with Gasteiger partial charge >= 0.3 is 0 Å². The van der Waals surface area contributed by atoms with Crippen LogP contribution in [0.3, 0.4) is 0 Å². The van der Waals surface area contributed by atoms with Gasteiger partial charge in [-0.2, -0.15) is 10.2 Å². The number of carbonyl (C=O) groups is 1. The number of aromatic nitrogens is 5. The van der Waals surface area contributed by atoms with E-state index in [9.17, 15) is 4.79 Å². The van der Waals surface area contributed by atoms with Crippen LogP contribution in [0, 0.1) is 6.92 Å². The van der Waals surface area contributed by atoms with Crippen LogP contribution in [0.25, 0.3) is 15.9 Å². The van der Waals surface area contributed by atoms with Crippen molar-refractivity contribution in [2.75, 3.05) is 5.32 Å². The topological polar surface area (TPSA) is 77.6 Å². The van der Waals surface area contributed by atoms with E-state index in [0.717, 1.165) is 27.2 Å². The molecule has 0 radical (unpaired) electrons. The van der Waals surface area contributed by atoms with Gasteiger partial charge in [0.25, 0.3) is 5.91 Å². The van der Waals surface area contributed by atoms with Gasteiger partial charge in [-0.3, -0.25) is 9.48 Å². The van der Waals surface area contributed by atoms with Gasteiger partial charge < -0.3 is 5.32 Å². The van der Waals surface area contributed by atoms with E-state index in [4.69, 9.17) is 11.6 Å². The highest BCUT2D eigenvalue weighted by Gasteiger charge is 2.17. The van der Waals surface area contributed by atoms with Gasteiger partial charge in [0.15, 0.2) is 0 Å². The smallest absolute Gasteiger partial charge is 0.265 e. The van der Waals surface area contributed by atoms with Gasteiger partial charge in [0.2, 0.25) is 0 Å². The largest absolute Gasteiger partial charge is 0.321 e. The van der Waals surface area contributed by atoms with Gasteiger partial charge in [0.1, 0.15) is 17.5 Å². The predicted molar refractivity (Wildman–Crippen MR) is 122 cm³/mol. The minimum atomic E-state index is -0.154. The predicted octanol–water partition coefficient (Wildman–Crippen LogP) is 4.94. The van der Waals surface area contributed by atoms with Gasteiger partial charge in [0.05, 0.1) is 22.8 Å². The molecule has 31 heavy (non-hydrogen) atoms. The number of benzene rings is 2. The number of halogens is 1. The van der Waals surface area contributed by atoms with Crippen molar-refractivity contribution in [2.45, 2.75) is 13.5 Å². The number of nitrogens with one attached hydrogen (secondary N) is 1. The Morgan fingerprint density at radius 3 is 2.71 bits per heavy atom. The molecule has 1 amide bonds.